The van der Waals surface area contributed by atoms with Gasteiger partial charge in [0.2, 0.25) is 11.8 Å². The molecule has 3 fully saturated rings. The van der Waals surface area contributed by atoms with Crippen molar-refractivity contribution < 1.29 is 38.9 Å². The second kappa shape index (κ2) is 12.3. The molecule has 2 saturated heterocycles. The summed E-state index contributed by atoms with van der Waals surface area (Å²) in [5, 5.41) is 21.2. The minimum atomic E-state index is -1.47. The number of amides is 4. The summed E-state index contributed by atoms with van der Waals surface area (Å²) in [6, 6.07) is 19.9. The zero-order valence-corrected chi connectivity index (χ0v) is 28.9. The zero-order chi connectivity index (χ0) is 34.8. The van der Waals surface area contributed by atoms with E-state index in [4.69, 9.17) is 4.74 Å². The molecule has 0 radical (unpaired) electrons. The Morgan fingerprint density at radius 3 is 2.39 bits per heavy atom. The number of carbonyl (C=O) groups is 5. The molecule has 3 N–H and O–H groups in total. The third-order valence-corrected chi connectivity index (χ3v) is 11.5. The molecule has 0 bridgehead atoms. The van der Waals surface area contributed by atoms with E-state index in [1.54, 1.807) is 24.3 Å². The Kier molecular flexibility index (Phi) is 8.24. The fourth-order valence-corrected chi connectivity index (χ4v) is 9.16. The summed E-state index contributed by atoms with van der Waals surface area (Å²) < 4.78 is 6.03. The molecule has 11 nitrogen and oxygen atoms in total. The number of phenols is 1. The molecule has 252 valence electrons. The minimum Gasteiger partial charge on any atom is -0.504 e. The van der Waals surface area contributed by atoms with Crippen LogP contribution in [-0.4, -0.2) is 63.4 Å². The quantitative estimate of drug-likeness (QED) is 0.167. The van der Waals surface area contributed by atoms with E-state index in [1.807, 2.05) is 78.1 Å². The number of carboxylic acids is 1. The molecule has 12 heteroatoms. The van der Waals surface area contributed by atoms with Gasteiger partial charge in [-0.05, 0) is 83.7 Å². The van der Waals surface area contributed by atoms with E-state index in [9.17, 15) is 29.4 Å². The largest absolute Gasteiger partial charge is 0.504 e. The number of methoxy groups -OCH3 is 1. The molecule has 1 saturated carbocycles. The maximum atomic E-state index is 15.2. The molecule has 6 atom stereocenters. The molecule has 0 aromatic heterocycles. The van der Waals surface area contributed by atoms with Gasteiger partial charge < -0.3 is 14.9 Å². The number of aliphatic carboxylic acids is 1. The number of phenolic OH excluding ortho intramolecular Hbond substituents is 1. The SMILES string of the molecule is COc1cc(C2C3=CCC4C(=O)N(CCC(=O)O)C(=O)C4C3CC3C(=O)N(Nc4ccc(C)cc4)C(=O)C32c2ccccc2)cc(I)c1O. The molecule has 4 aliphatic rings. The molecule has 6 unspecified atom stereocenters. The number of hydrazine groups is 1. The zero-order valence-electron chi connectivity index (χ0n) is 26.8. The van der Waals surface area contributed by atoms with Gasteiger partial charge in [-0.25, -0.2) is 0 Å². The summed E-state index contributed by atoms with van der Waals surface area (Å²) in [5.74, 6) is -6.64. The number of carboxylic acid groups (broad SMARTS) is 1. The van der Waals surface area contributed by atoms with Gasteiger partial charge in [0.15, 0.2) is 11.5 Å². The van der Waals surface area contributed by atoms with Crippen molar-refractivity contribution in [3.8, 4) is 11.5 Å². The van der Waals surface area contributed by atoms with E-state index < -0.39 is 64.6 Å². The third kappa shape index (κ3) is 5.01. The number of likely N-dealkylation sites (tertiary alicyclic amines) is 1. The molecule has 2 heterocycles. The van der Waals surface area contributed by atoms with Crippen LogP contribution in [0.15, 0.2) is 78.4 Å². The van der Waals surface area contributed by atoms with Crippen LogP contribution in [0, 0.1) is 34.2 Å². The summed E-state index contributed by atoms with van der Waals surface area (Å²) in [6.07, 6.45) is 1.90. The molecule has 2 aliphatic carbocycles. The number of fused-ring (bicyclic) bond motifs is 4. The minimum absolute atomic E-state index is 0.0654. The predicted molar refractivity (Wildman–Crippen MR) is 185 cm³/mol. The fraction of sp³-hybridized carbons (Fsp3) is 0.324. The Bertz CT molecular complexity index is 1930. The van der Waals surface area contributed by atoms with Gasteiger partial charge in [-0.1, -0.05) is 59.7 Å². The van der Waals surface area contributed by atoms with Crippen LogP contribution in [0.25, 0.3) is 0 Å². The van der Waals surface area contributed by atoms with Gasteiger partial charge in [-0.2, -0.15) is 5.01 Å². The van der Waals surface area contributed by atoms with Gasteiger partial charge in [0.25, 0.3) is 11.8 Å². The number of carbonyl (C=O) groups excluding carboxylic acids is 4. The number of aryl methyl sites for hydroxylation is 1. The number of halogens is 1. The van der Waals surface area contributed by atoms with Gasteiger partial charge in [0.05, 0.1) is 46.0 Å². The second-order valence-corrected chi connectivity index (χ2v) is 14.3. The second-order valence-electron chi connectivity index (χ2n) is 13.1. The van der Waals surface area contributed by atoms with Crippen LogP contribution >= 0.6 is 22.6 Å². The summed E-state index contributed by atoms with van der Waals surface area (Å²) >= 11 is 2.00. The van der Waals surface area contributed by atoms with Crippen molar-refractivity contribution in [2.24, 2.45) is 23.7 Å². The molecule has 2 aliphatic heterocycles. The van der Waals surface area contributed by atoms with Gasteiger partial charge in [-0.3, -0.25) is 34.3 Å². The van der Waals surface area contributed by atoms with Gasteiger partial charge in [0.1, 0.15) is 0 Å². The van der Waals surface area contributed by atoms with Crippen LogP contribution in [0.3, 0.4) is 0 Å². The van der Waals surface area contributed by atoms with Crippen LogP contribution in [0.2, 0.25) is 0 Å². The summed E-state index contributed by atoms with van der Waals surface area (Å²) in [7, 11) is 1.44. The lowest BCUT2D eigenvalue weighted by molar-refractivity contribution is -0.143. The Morgan fingerprint density at radius 2 is 1.71 bits per heavy atom. The van der Waals surface area contributed by atoms with E-state index in [1.165, 1.54) is 7.11 Å². The summed E-state index contributed by atoms with van der Waals surface area (Å²) in [4.78, 5) is 69.9. The van der Waals surface area contributed by atoms with E-state index in [0.717, 1.165) is 21.0 Å². The number of imide groups is 2. The number of ether oxygens (including phenoxy) is 1. The molecule has 0 spiro atoms. The van der Waals surface area contributed by atoms with Crippen molar-refractivity contribution in [3.63, 3.8) is 0 Å². The molecule has 7 rings (SSSR count). The highest BCUT2D eigenvalue weighted by Crippen LogP contribution is 2.64. The maximum absolute atomic E-state index is 15.2. The number of anilines is 1. The number of nitrogens with zero attached hydrogens (tertiary/aromatic N) is 2. The first-order valence-electron chi connectivity index (χ1n) is 16.1. The Balaban J connectivity index is 1.44. The standard InChI is InChI=1S/C37H34IN3O8/c1-19-8-10-22(11-9-19)39-41-34(46)26-18-25-23(12-13-24-30(25)35(47)40(33(24)45)15-14-29(42)43)31(20-16-27(38)32(44)28(17-20)49-2)37(26,36(41)48)21-6-4-3-5-7-21/h3-12,16-17,24-26,30-31,39,44H,13-15,18H2,1-2H3,(H,42,43). The van der Waals surface area contributed by atoms with Crippen molar-refractivity contribution >= 4 is 57.9 Å². The topological polar surface area (TPSA) is 154 Å². The van der Waals surface area contributed by atoms with Gasteiger partial charge in [-0.15, -0.1) is 0 Å². The molecule has 3 aromatic carbocycles. The first-order chi connectivity index (χ1) is 23.5. The Labute approximate surface area is 296 Å². The van der Waals surface area contributed by atoms with Crippen LogP contribution in [0.1, 0.15) is 41.9 Å². The van der Waals surface area contributed by atoms with Crippen LogP contribution < -0.4 is 10.2 Å². The number of aromatic hydroxyl groups is 1. The van der Waals surface area contributed by atoms with E-state index in [0.29, 0.717) is 20.4 Å². The number of allylic oxidation sites excluding steroid dienone is 2. The van der Waals surface area contributed by atoms with E-state index in [-0.39, 0.29) is 37.3 Å². The fourth-order valence-electron chi connectivity index (χ4n) is 8.53. The average Bonchev–Trinajstić information content (AvgIpc) is 3.46. The van der Waals surface area contributed by atoms with Gasteiger partial charge in [0, 0.05) is 12.5 Å². The van der Waals surface area contributed by atoms with Gasteiger partial charge >= 0.3 is 5.97 Å². The first kappa shape index (κ1) is 32.8. The maximum Gasteiger partial charge on any atom is 0.305 e. The van der Waals surface area contributed by atoms with E-state index >= 15 is 4.79 Å². The van der Waals surface area contributed by atoms with Crippen molar-refractivity contribution in [1.29, 1.82) is 0 Å². The third-order valence-electron chi connectivity index (χ3n) is 10.6. The molecular formula is C37H34IN3O8. The number of hydrogen-bond donors (Lipinski definition) is 3. The number of rotatable bonds is 8. The number of nitrogens with one attached hydrogen (secondary N) is 1. The Hall–Kier alpha value is -4.72. The van der Waals surface area contributed by atoms with Crippen molar-refractivity contribution in [3.05, 3.63) is 98.6 Å². The number of hydrogen-bond acceptors (Lipinski definition) is 8. The molecule has 3 aromatic rings. The highest BCUT2D eigenvalue weighted by Gasteiger charge is 2.70. The average molecular weight is 776 g/mol. The van der Waals surface area contributed by atoms with Crippen molar-refractivity contribution in [2.45, 2.75) is 37.5 Å². The van der Waals surface area contributed by atoms with Crippen LogP contribution in [-0.2, 0) is 29.4 Å². The molecule has 4 amide bonds. The van der Waals surface area contributed by atoms with Crippen LogP contribution in [0.5, 0.6) is 11.5 Å². The smallest absolute Gasteiger partial charge is 0.305 e. The van der Waals surface area contributed by atoms with E-state index in [2.05, 4.69) is 5.43 Å². The monoisotopic (exact) mass is 775 g/mol. The van der Waals surface area contributed by atoms with Crippen molar-refractivity contribution in [1.82, 2.24) is 9.91 Å². The lowest BCUT2D eigenvalue weighted by atomic mass is 9.49. The lowest BCUT2D eigenvalue weighted by Crippen LogP contribution is -2.53. The summed E-state index contributed by atoms with van der Waals surface area (Å²) in [6.45, 7) is 1.70. The highest BCUT2D eigenvalue weighted by atomic mass is 127. The number of benzene rings is 3. The molecule has 49 heavy (non-hydrogen) atoms. The Morgan fingerprint density at radius 1 is 1.00 bits per heavy atom. The first-order valence-corrected chi connectivity index (χ1v) is 17.2. The summed E-state index contributed by atoms with van der Waals surface area (Å²) in [5.41, 5.74) is 5.15. The predicted octanol–water partition coefficient (Wildman–Crippen LogP) is 4.77. The normalized spacial score (nSPS) is 27.4. The molecular weight excluding hydrogens is 741 g/mol. The van der Waals surface area contributed by atoms with Crippen LogP contribution in [0.4, 0.5) is 5.69 Å². The van der Waals surface area contributed by atoms with Crippen molar-refractivity contribution in [2.75, 3.05) is 19.1 Å². The lowest BCUT2D eigenvalue weighted by Gasteiger charge is -2.50. The highest BCUT2D eigenvalue weighted by molar-refractivity contribution is 14.1.